The van der Waals surface area contributed by atoms with Crippen molar-refractivity contribution in [3.8, 4) is 0 Å². The van der Waals surface area contributed by atoms with Crippen LogP contribution in [-0.2, 0) is 4.79 Å². The van der Waals surface area contributed by atoms with E-state index in [9.17, 15) is 4.79 Å². The molecule has 0 aromatic heterocycles. The number of nitrogen functional groups attached to an aromatic ring is 1. The minimum absolute atomic E-state index is 0.00215. The van der Waals surface area contributed by atoms with E-state index in [1.165, 1.54) is 11.8 Å². The molecule has 1 unspecified atom stereocenters. The van der Waals surface area contributed by atoms with Crippen molar-refractivity contribution in [3.63, 3.8) is 0 Å². The largest absolute Gasteiger partial charge is 0.398 e. The summed E-state index contributed by atoms with van der Waals surface area (Å²) in [5, 5.41) is 2.47. The van der Waals surface area contributed by atoms with E-state index in [0.717, 1.165) is 9.37 Å². The van der Waals surface area contributed by atoms with E-state index >= 15 is 0 Å². The lowest BCUT2D eigenvalue weighted by molar-refractivity contribution is -0.119. The van der Waals surface area contributed by atoms with Crippen LogP contribution in [0.2, 0.25) is 0 Å². The van der Waals surface area contributed by atoms with Gasteiger partial charge in [-0.05, 0) is 25.1 Å². The quantitative estimate of drug-likeness (QED) is 0.663. The first kappa shape index (κ1) is 12.4. The van der Waals surface area contributed by atoms with Gasteiger partial charge in [0.25, 0.3) is 0 Å². The highest BCUT2D eigenvalue weighted by Crippen LogP contribution is 2.30. The fraction of sp³-hybridized carbons (Fsp3) is 0.300. The fourth-order valence-electron chi connectivity index (χ4n) is 1.07. The Kier molecular flexibility index (Phi) is 4.47. The normalized spacial score (nSPS) is 12.2. The first-order valence-electron chi connectivity index (χ1n) is 4.48. The minimum atomic E-state index is -0.140. The van der Waals surface area contributed by atoms with E-state index in [0.29, 0.717) is 5.69 Å². The van der Waals surface area contributed by atoms with Crippen molar-refractivity contribution in [3.05, 3.63) is 22.7 Å². The number of carbonyl (C=O) groups excluding carboxylic acids is 1. The molecule has 3 nitrogen and oxygen atoms in total. The molecule has 1 aromatic carbocycles. The molecule has 1 amide bonds. The molecule has 0 aliphatic carbocycles. The number of anilines is 1. The van der Waals surface area contributed by atoms with Crippen LogP contribution in [0.25, 0.3) is 0 Å². The van der Waals surface area contributed by atoms with E-state index in [4.69, 9.17) is 5.73 Å². The number of nitrogens with one attached hydrogen (secondary N) is 1. The van der Waals surface area contributed by atoms with Gasteiger partial charge >= 0.3 is 0 Å². The maximum atomic E-state index is 11.3. The van der Waals surface area contributed by atoms with Gasteiger partial charge in [-0.15, -0.1) is 11.8 Å². The van der Waals surface area contributed by atoms with Gasteiger partial charge in [0.1, 0.15) is 0 Å². The third-order valence-corrected chi connectivity index (χ3v) is 3.58. The molecule has 0 fully saturated rings. The molecule has 0 aliphatic heterocycles. The molecular weight excluding hydrogens is 276 g/mol. The van der Waals surface area contributed by atoms with Crippen molar-refractivity contribution >= 4 is 39.3 Å². The van der Waals surface area contributed by atoms with Gasteiger partial charge in [0, 0.05) is 22.1 Å². The smallest absolute Gasteiger partial charge is 0.232 e. The summed E-state index contributed by atoms with van der Waals surface area (Å²) in [5.41, 5.74) is 6.51. The van der Waals surface area contributed by atoms with Gasteiger partial charge in [-0.25, -0.2) is 0 Å². The Balaban J connectivity index is 2.76. The number of halogens is 1. The number of thioether (sulfide) groups is 1. The first-order chi connectivity index (χ1) is 7.04. The average molecular weight is 289 g/mol. The molecule has 1 rings (SSSR count). The summed E-state index contributed by atoms with van der Waals surface area (Å²) >= 11 is 4.79. The Bertz CT molecular complexity index is 370. The fourth-order valence-corrected chi connectivity index (χ4v) is 2.40. The molecule has 3 N–H and O–H groups in total. The van der Waals surface area contributed by atoms with E-state index in [-0.39, 0.29) is 11.2 Å². The Morgan fingerprint density at radius 2 is 2.27 bits per heavy atom. The molecule has 0 saturated carbocycles. The second-order valence-corrected chi connectivity index (χ2v) is 5.35. The van der Waals surface area contributed by atoms with Crippen LogP contribution in [0, 0.1) is 0 Å². The van der Waals surface area contributed by atoms with E-state index in [1.807, 2.05) is 25.1 Å². The van der Waals surface area contributed by atoms with Crippen molar-refractivity contribution < 1.29 is 4.79 Å². The summed E-state index contributed by atoms with van der Waals surface area (Å²) in [6, 6.07) is 5.65. The van der Waals surface area contributed by atoms with Gasteiger partial charge in [-0.2, -0.15) is 0 Å². The zero-order chi connectivity index (χ0) is 11.4. The first-order valence-corrected chi connectivity index (χ1v) is 6.15. The Labute approximate surface area is 102 Å². The Hall–Kier alpha value is -0.680. The highest BCUT2D eigenvalue weighted by molar-refractivity contribution is 9.10. The number of benzene rings is 1. The predicted molar refractivity (Wildman–Crippen MR) is 67.9 cm³/mol. The van der Waals surface area contributed by atoms with Crippen LogP contribution in [0.1, 0.15) is 6.92 Å². The van der Waals surface area contributed by atoms with Crippen molar-refractivity contribution in [1.82, 2.24) is 5.32 Å². The van der Waals surface area contributed by atoms with Crippen molar-refractivity contribution in [2.24, 2.45) is 0 Å². The third kappa shape index (κ3) is 3.43. The molecule has 1 aromatic rings. The number of hydrogen-bond acceptors (Lipinski definition) is 3. The average Bonchev–Trinajstić information content (AvgIpc) is 2.20. The lowest BCUT2D eigenvalue weighted by atomic mass is 10.3. The molecule has 15 heavy (non-hydrogen) atoms. The monoisotopic (exact) mass is 288 g/mol. The lowest BCUT2D eigenvalue weighted by Gasteiger charge is -2.11. The van der Waals surface area contributed by atoms with Gasteiger partial charge in [0.05, 0.1) is 5.25 Å². The Morgan fingerprint density at radius 3 is 2.80 bits per heavy atom. The van der Waals surface area contributed by atoms with Gasteiger partial charge in [0.15, 0.2) is 0 Å². The van der Waals surface area contributed by atoms with Crippen LogP contribution in [0.5, 0.6) is 0 Å². The van der Waals surface area contributed by atoms with Gasteiger partial charge in [0.2, 0.25) is 5.91 Å². The van der Waals surface area contributed by atoms with Crippen LogP contribution in [0.3, 0.4) is 0 Å². The second kappa shape index (κ2) is 5.42. The molecule has 82 valence electrons. The second-order valence-electron chi connectivity index (χ2n) is 3.06. The molecule has 5 heteroatoms. The standard InChI is InChI=1S/C10H13BrN2OS/c1-6(10(14)13-2)15-9-4-3-7(11)5-8(9)12/h3-6H,12H2,1-2H3,(H,13,14). The molecule has 0 radical (unpaired) electrons. The zero-order valence-corrected chi connectivity index (χ0v) is 11.0. The number of carbonyl (C=O) groups is 1. The third-order valence-electron chi connectivity index (χ3n) is 1.89. The molecule has 1 atom stereocenters. The lowest BCUT2D eigenvalue weighted by Crippen LogP contribution is -2.27. The summed E-state index contributed by atoms with van der Waals surface area (Å²) in [5.74, 6) is 0.00215. The summed E-state index contributed by atoms with van der Waals surface area (Å²) in [6.45, 7) is 1.85. The van der Waals surface area contributed by atoms with Crippen LogP contribution >= 0.6 is 27.7 Å². The van der Waals surface area contributed by atoms with Crippen molar-refractivity contribution in [1.29, 1.82) is 0 Å². The van der Waals surface area contributed by atoms with E-state index in [2.05, 4.69) is 21.2 Å². The van der Waals surface area contributed by atoms with E-state index < -0.39 is 0 Å². The molecule has 0 bridgehead atoms. The van der Waals surface area contributed by atoms with Crippen LogP contribution < -0.4 is 11.1 Å². The molecular formula is C10H13BrN2OS. The highest BCUT2D eigenvalue weighted by Gasteiger charge is 2.13. The van der Waals surface area contributed by atoms with Crippen LogP contribution in [-0.4, -0.2) is 18.2 Å². The highest BCUT2D eigenvalue weighted by atomic mass is 79.9. The van der Waals surface area contributed by atoms with Gasteiger partial charge in [-0.3, -0.25) is 4.79 Å². The molecule has 0 aliphatic rings. The van der Waals surface area contributed by atoms with Gasteiger partial charge < -0.3 is 11.1 Å². The molecule has 0 heterocycles. The summed E-state index contributed by atoms with van der Waals surface area (Å²) in [6.07, 6.45) is 0. The number of nitrogens with two attached hydrogens (primary N) is 1. The van der Waals surface area contributed by atoms with Crippen molar-refractivity contribution in [2.45, 2.75) is 17.1 Å². The Morgan fingerprint density at radius 1 is 1.60 bits per heavy atom. The predicted octanol–water partition coefficient (Wildman–Crippen LogP) is 2.26. The minimum Gasteiger partial charge on any atom is -0.398 e. The topological polar surface area (TPSA) is 55.1 Å². The number of amides is 1. The summed E-state index contributed by atoms with van der Waals surface area (Å²) in [4.78, 5) is 12.2. The molecule has 0 saturated heterocycles. The molecule has 0 spiro atoms. The SMILES string of the molecule is CNC(=O)C(C)Sc1ccc(Br)cc1N. The summed E-state index contributed by atoms with van der Waals surface area (Å²) in [7, 11) is 1.63. The zero-order valence-electron chi connectivity index (χ0n) is 8.58. The van der Waals surface area contributed by atoms with Crippen LogP contribution in [0.15, 0.2) is 27.6 Å². The number of rotatable bonds is 3. The van der Waals surface area contributed by atoms with E-state index in [1.54, 1.807) is 7.05 Å². The van der Waals surface area contributed by atoms with Gasteiger partial charge in [-0.1, -0.05) is 15.9 Å². The maximum absolute atomic E-state index is 11.3. The van der Waals surface area contributed by atoms with Crippen molar-refractivity contribution in [2.75, 3.05) is 12.8 Å². The maximum Gasteiger partial charge on any atom is 0.232 e. The van der Waals surface area contributed by atoms with Crippen LogP contribution in [0.4, 0.5) is 5.69 Å². The number of hydrogen-bond donors (Lipinski definition) is 2. The summed E-state index contributed by atoms with van der Waals surface area (Å²) < 4.78 is 0.942.